The predicted molar refractivity (Wildman–Crippen MR) is 67.4 cm³/mol. The zero-order valence-corrected chi connectivity index (χ0v) is 10.4. The average molecular weight is 256 g/mol. The van der Waals surface area contributed by atoms with Crippen molar-refractivity contribution in [2.75, 3.05) is 24.3 Å². The van der Waals surface area contributed by atoms with Gasteiger partial charge in [-0.25, -0.2) is 8.78 Å². The number of hydrogen-bond acceptors (Lipinski definition) is 3. The van der Waals surface area contributed by atoms with Gasteiger partial charge >= 0.3 is 0 Å². The molecule has 3 nitrogen and oxygen atoms in total. The molecule has 0 amide bonds. The topological polar surface area (TPSA) is 47.3 Å². The fourth-order valence-corrected chi connectivity index (χ4v) is 2.27. The number of hydrogen-bond donors (Lipinski definition) is 2. The summed E-state index contributed by atoms with van der Waals surface area (Å²) in [5.41, 5.74) is 6.36. The highest BCUT2D eigenvalue weighted by atomic mass is 19.2. The van der Waals surface area contributed by atoms with E-state index in [0.29, 0.717) is 11.6 Å². The second-order valence-electron chi connectivity index (χ2n) is 4.74. The van der Waals surface area contributed by atoms with E-state index in [1.807, 2.05) is 6.92 Å². The molecule has 0 radical (unpaired) electrons. The number of halogens is 2. The van der Waals surface area contributed by atoms with Crippen LogP contribution in [0.15, 0.2) is 12.1 Å². The summed E-state index contributed by atoms with van der Waals surface area (Å²) < 4.78 is 31.4. The van der Waals surface area contributed by atoms with Crippen LogP contribution in [0.3, 0.4) is 0 Å². The first-order valence-electron chi connectivity index (χ1n) is 6.16. The van der Waals surface area contributed by atoms with Gasteiger partial charge in [0, 0.05) is 31.4 Å². The van der Waals surface area contributed by atoms with E-state index in [-0.39, 0.29) is 11.7 Å². The number of rotatable bonds is 3. The SMILES string of the molecule is CC(Nc1cc(F)c(F)cc1N)C1CCOCC1. The van der Waals surface area contributed by atoms with Crippen molar-refractivity contribution >= 4 is 11.4 Å². The summed E-state index contributed by atoms with van der Waals surface area (Å²) in [6, 6.07) is 2.27. The fourth-order valence-electron chi connectivity index (χ4n) is 2.27. The Morgan fingerprint density at radius 1 is 1.28 bits per heavy atom. The lowest BCUT2D eigenvalue weighted by atomic mass is 9.92. The maximum absolute atomic E-state index is 13.2. The molecule has 1 aromatic rings. The number of nitrogens with two attached hydrogens (primary N) is 1. The summed E-state index contributed by atoms with van der Waals surface area (Å²) in [6.07, 6.45) is 1.94. The van der Waals surface area contributed by atoms with Crippen molar-refractivity contribution < 1.29 is 13.5 Å². The minimum atomic E-state index is -0.920. The lowest BCUT2D eigenvalue weighted by molar-refractivity contribution is 0.0622. The zero-order valence-electron chi connectivity index (χ0n) is 10.4. The molecule has 1 aliphatic rings. The van der Waals surface area contributed by atoms with Crippen LogP contribution in [0.2, 0.25) is 0 Å². The second kappa shape index (κ2) is 5.52. The van der Waals surface area contributed by atoms with E-state index >= 15 is 0 Å². The Balaban J connectivity index is 2.06. The highest BCUT2D eigenvalue weighted by Gasteiger charge is 2.21. The minimum absolute atomic E-state index is 0.154. The van der Waals surface area contributed by atoms with Crippen molar-refractivity contribution in [3.63, 3.8) is 0 Å². The van der Waals surface area contributed by atoms with Gasteiger partial charge in [-0.2, -0.15) is 0 Å². The van der Waals surface area contributed by atoms with Crippen LogP contribution in [0, 0.1) is 17.6 Å². The quantitative estimate of drug-likeness (QED) is 0.817. The first-order chi connectivity index (χ1) is 8.58. The summed E-state index contributed by atoms with van der Waals surface area (Å²) in [5, 5.41) is 3.16. The van der Waals surface area contributed by atoms with Crippen LogP contribution in [0.5, 0.6) is 0 Å². The van der Waals surface area contributed by atoms with Gasteiger partial charge in [-0.1, -0.05) is 0 Å². The number of benzene rings is 1. The van der Waals surface area contributed by atoms with Crippen LogP contribution < -0.4 is 11.1 Å². The third-order valence-electron chi connectivity index (χ3n) is 3.45. The van der Waals surface area contributed by atoms with Gasteiger partial charge in [0.2, 0.25) is 0 Å². The Morgan fingerprint density at radius 3 is 2.56 bits per heavy atom. The van der Waals surface area contributed by atoms with Crippen molar-refractivity contribution in [2.45, 2.75) is 25.8 Å². The minimum Gasteiger partial charge on any atom is -0.397 e. The first-order valence-corrected chi connectivity index (χ1v) is 6.16. The van der Waals surface area contributed by atoms with Gasteiger partial charge in [0.15, 0.2) is 11.6 Å². The van der Waals surface area contributed by atoms with E-state index in [1.54, 1.807) is 0 Å². The molecule has 0 aliphatic carbocycles. The number of nitrogens with one attached hydrogen (secondary N) is 1. The van der Waals surface area contributed by atoms with Crippen LogP contribution in [0.1, 0.15) is 19.8 Å². The summed E-state index contributed by atoms with van der Waals surface area (Å²) in [5.74, 6) is -1.34. The summed E-state index contributed by atoms with van der Waals surface area (Å²) in [6.45, 7) is 3.53. The van der Waals surface area contributed by atoms with E-state index in [2.05, 4.69) is 5.32 Å². The third-order valence-corrected chi connectivity index (χ3v) is 3.45. The molecule has 0 bridgehead atoms. The number of anilines is 2. The van der Waals surface area contributed by atoms with Crippen LogP contribution in [-0.4, -0.2) is 19.3 Å². The summed E-state index contributed by atoms with van der Waals surface area (Å²) in [7, 11) is 0. The molecule has 100 valence electrons. The smallest absolute Gasteiger partial charge is 0.161 e. The highest BCUT2D eigenvalue weighted by molar-refractivity contribution is 5.66. The summed E-state index contributed by atoms with van der Waals surface area (Å²) in [4.78, 5) is 0. The van der Waals surface area contributed by atoms with Gasteiger partial charge in [-0.3, -0.25) is 0 Å². The van der Waals surface area contributed by atoms with Gasteiger partial charge in [0.05, 0.1) is 11.4 Å². The molecule has 5 heteroatoms. The maximum atomic E-state index is 13.2. The van der Waals surface area contributed by atoms with E-state index in [0.717, 1.165) is 38.2 Å². The van der Waals surface area contributed by atoms with Gasteiger partial charge in [-0.05, 0) is 25.7 Å². The fraction of sp³-hybridized carbons (Fsp3) is 0.538. The molecule has 18 heavy (non-hydrogen) atoms. The standard InChI is InChI=1S/C13H18F2N2O/c1-8(9-2-4-18-5-3-9)17-13-7-11(15)10(14)6-12(13)16/h6-9,17H,2-5,16H2,1H3. The second-order valence-corrected chi connectivity index (χ2v) is 4.74. The third kappa shape index (κ3) is 2.90. The highest BCUT2D eigenvalue weighted by Crippen LogP contribution is 2.26. The Hall–Kier alpha value is -1.36. The molecule has 0 saturated carbocycles. The maximum Gasteiger partial charge on any atom is 0.161 e. The van der Waals surface area contributed by atoms with E-state index in [9.17, 15) is 8.78 Å². The van der Waals surface area contributed by atoms with Crippen LogP contribution in [0.25, 0.3) is 0 Å². The molecule has 1 atom stereocenters. The molecule has 1 fully saturated rings. The van der Waals surface area contributed by atoms with Gasteiger partial charge in [0.1, 0.15) is 0 Å². The molecule has 2 rings (SSSR count). The number of nitrogen functional groups attached to an aromatic ring is 1. The monoisotopic (exact) mass is 256 g/mol. The van der Waals surface area contributed by atoms with Gasteiger partial charge < -0.3 is 15.8 Å². The molecule has 0 spiro atoms. The Morgan fingerprint density at radius 2 is 1.89 bits per heavy atom. The van der Waals surface area contributed by atoms with Crippen LogP contribution in [-0.2, 0) is 4.74 Å². The molecule has 1 unspecified atom stereocenters. The molecule has 1 aromatic carbocycles. The average Bonchev–Trinajstić information content (AvgIpc) is 2.37. The van der Waals surface area contributed by atoms with E-state index < -0.39 is 11.6 Å². The molecule has 1 heterocycles. The van der Waals surface area contributed by atoms with Crippen molar-refractivity contribution in [3.8, 4) is 0 Å². The zero-order chi connectivity index (χ0) is 13.1. The first kappa shape index (κ1) is 13.1. The number of ether oxygens (including phenoxy) is 1. The molecule has 1 aliphatic heterocycles. The molecule has 0 aromatic heterocycles. The van der Waals surface area contributed by atoms with E-state index in [4.69, 9.17) is 10.5 Å². The summed E-state index contributed by atoms with van der Waals surface area (Å²) >= 11 is 0. The molecular weight excluding hydrogens is 238 g/mol. The molecule has 3 N–H and O–H groups in total. The predicted octanol–water partition coefficient (Wildman–Crippen LogP) is 2.77. The Kier molecular flexibility index (Phi) is 4.01. The van der Waals surface area contributed by atoms with Crippen molar-refractivity contribution in [1.82, 2.24) is 0 Å². The van der Waals surface area contributed by atoms with Crippen molar-refractivity contribution in [3.05, 3.63) is 23.8 Å². The lowest BCUT2D eigenvalue weighted by Gasteiger charge is -2.29. The van der Waals surface area contributed by atoms with E-state index in [1.165, 1.54) is 0 Å². The van der Waals surface area contributed by atoms with Crippen LogP contribution >= 0.6 is 0 Å². The van der Waals surface area contributed by atoms with Crippen LogP contribution in [0.4, 0.5) is 20.2 Å². The Bertz CT molecular complexity index is 420. The Labute approximate surface area is 105 Å². The van der Waals surface area contributed by atoms with Crippen molar-refractivity contribution in [1.29, 1.82) is 0 Å². The van der Waals surface area contributed by atoms with Gasteiger partial charge in [0.25, 0.3) is 0 Å². The molecule has 1 saturated heterocycles. The lowest BCUT2D eigenvalue weighted by Crippen LogP contribution is -2.31. The van der Waals surface area contributed by atoms with Crippen molar-refractivity contribution in [2.24, 2.45) is 5.92 Å². The normalized spacial score (nSPS) is 18.6. The molecular formula is C13H18F2N2O. The van der Waals surface area contributed by atoms with Gasteiger partial charge in [-0.15, -0.1) is 0 Å². The largest absolute Gasteiger partial charge is 0.397 e.